The maximum atomic E-state index is 10.8. The summed E-state index contributed by atoms with van der Waals surface area (Å²) in [7, 11) is 0. The van der Waals surface area contributed by atoms with Crippen LogP contribution in [0.1, 0.15) is 15.9 Å². The summed E-state index contributed by atoms with van der Waals surface area (Å²) in [5.74, 6) is -1.67. The molecule has 0 aliphatic carbocycles. The zero-order valence-corrected chi connectivity index (χ0v) is 9.19. The highest BCUT2D eigenvalue weighted by molar-refractivity contribution is 9.10. The van der Waals surface area contributed by atoms with E-state index >= 15 is 0 Å². The number of carbonyl (C=O) groups excluding carboxylic acids is 1. The molecule has 0 atom stereocenters. The molecule has 0 unspecified atom stereocenters. The van der Waals surface area contributed by atoms with E-state index in [0.29, 0.717) is 10.0 Å². The van der Waals surface area contributed by atoms with E-state index in [2.05, 4.69) is 15.9 Å². The van der Waals surface area contributed by atoms with Gasteiger partial charge in [-0.05, 0) is 23.8 Å². The van der Waals surface area contributed by atoms with Gasteiger partial charge in [-0.1, -0.05) is 22.0 Å². The van der Waals surface area contributed by atoms with E-state index in [9.17, 15) is 9.59 Å². The molecule has 1 aromatic carbocycles. The fraction of sp³-hybridized carbons (Fsp3) is 0. The van der Waals surface area contributed by atoms with E-state index in [4.69, 9.17) is 10.8 Å². The number of carboxylic acids is 1. The first-order valence-corrected chi connectivity index (χ1v) is 4.80. The molecule has 0 aromatic heterocycles. The summed E-state index contributed by atoms with van der Waals surface area (Å²) >= 11 is 3.17. The fourth-order valence-electron chi connectivity index (χ4n) is 1.03. The Kier molecular flexibility index (Phi) is 3.62. The lowest BCUT2D eigenvalue weighted by atomic mass is 10.1. The summed E-state index contributed by atoms with van der Waals surface area (Å²) < 4.78 is 0.663. The van der Waals surface area contributed by atoms with E-state index < -0.39 is 11.9 Å². The molecule has 0 saturated carbocycles. The van der Waals surface area contributed by atoms with Gasteiger partial charge in [0.15, 0.2) is 0 Å². The largest absolute Gasteiger partial charge is 0.478 e. The Morgan fingerprint density at radius 3 is 2.60 bits per heavy atom. The minimum atomic E-state index is -1.06. The number of hydrogen-bond acceptors (Lipinski definition) is 2. The number of primary amides is 1. The van der Waals surface area contributed by atoms with Crippen molar-refractivity contribution in [3.8, 4) is 0 Å². The molecule has 15 heavy (non-hydrogen) atoms. The van der Waals surface area contributed by atoms with Crippen LogP contribution in [0.4, 0.5) is 0 Å². The van der Waals surface area contributed by atoms with Crippen LogP contribution in [-0.2, 0) is 4.79 Å². The minimum absolute atomic E-state index is 0.113. The maximum Gasteiger partial charge on any atom is 0.336 e. The molecule has 0 radical (unpaired) electrons. The molecule has 3 N–H and O–H groups in total. The van der Waals surface area contributed by atoms with Crippen LogP contribution in [0.2, 0.25) is 0 Å². The van der Waals surface area contributed by atoms with Crippen molar-refractivity contribution in [2.24, 2.45) is 5.73 Å². The SMILES string of the molecule is NC(=O)/C=C/c1ccc(Br)cc1C(=O)O. The molecule has 1 amide bonds. The summed E-state index contributed by atoms with van der Waals surface area (Å²) in [6.45, 7) is 0. The Morgan fingerprint density at radius 1 is 1.40 bits per heavy atom. The van der Waals surface area contributed by atoms with Gasteiger partial charge in [0.1, 0.15) is 0 Å². The lowest BCUT2D eigenvalue weighted by Crippen LogP contribution is -2.06. The molecule has 1 rings (SSSR count). The first-order valence-electron chi connectivity index (χ1n) is 4.01. The van der Waals surface area contributed by atoms with Crippen molar-refractivity contribution in [2.75, 3.05) is 0 Å². The highest BCUT2D eigenvalue weighted by atomic mass is 79.9. The predicted molar refractivity (Wildman–Crippen MR) is 59.3 cm³/mol. The number of nitrogens with two attached hydrogens (primary N) is 1. The van der Waals surface area contributed by atoms with Gasteiger partial charge in [-0.25, -0.2) is 4.79 Å². The van der Waals surface area contributed by atoms with Gasteiger partial charge in [0, 0.05) is 10.5 Å². The Bertz CT molecular complexity index is 440. The van der Waals surface area contributed by atoms with Crippen molar-refractivity contribution in [2.45, 2.75) is 0 Å². The number of carbonyl (C=O) groups is 2. The third-order valence-corrected chi connectivity index (χ3v) is 2.17. The third-order valence-electron chi connectivity index (χ3n) is 1.67. The Balaban J connectivity index is 3.17. The molecule has 0 spiro atoms. The number of amides is 1. The van der Waals surface area contributed by atoms with Crippen LogP contribution in [0, 0.1) is 0 Å². The van der Waals surface area contributed by atoms with Gasteiger partial charge in [-0.3, -0.25) is 4.79 Å². The van der Waals surface area contributed by atoms with Crippen LogP contribution in [0.5, 0.6) is 0 Å². The highest BCUT2D eigenvalue weighted by Crippen LogP contribution is 2.17. The standard InChI is InChI=1S/C10H8BrNO3/c11-7-3-1-6(2-4-9(12)13)8(5-7)10(14)15/h1-5H,(H2,12,13)(H,14,15)/b4-2+. The molecular weight excluding hydrogens is 262 g/mol. The van der Waals surface area contributed by atoms with Crippen molar-refractivity contribution >= 4 is 33.9 Å². The van der Waals surface area contributed by atoms with Gasteiger partial charge in [-0.15, -0.1) is 0 Å². The van der Waals surface area contributed by atoms with Crippen molar-refractivity contribution in [3.05, 3.63) is 39.9 Å². The van der Waals surface area contributed by atoms with E-state index in [0.717, 1.165) is 6.08 Å². The Morgan fingerprint density at radius 2 is 2.07 bits per heavy atom. The van der Waals surface area contributed by atoms with E-state index in [1.54, 1.807) is 12.1 Å². The van der Waals surface area contributed by atoms with Crippen LogP contribution in [0.15, 0.2) is 28.7 Å². The van der Waals surface area contributed by atoms with E-state index in [-0.39, 0.29) is 5.56 Å². The molecule has 4 nitrogen and oxygen atoms in total. The lowest BCUT2D eigenvalue weighted by Gasteiger charge is -2.01. The van der Waals surface area contributed by atoms with E-state index in [1.165, 1.54) is 12.1 Å². The van der Waals surface area contributed by atoms with Crippen molar-refractivity contribution in [1.29, 1.82) is 0 Å². The summed E-state index contributed by atoms with van der Waals surface area (Å²) in [5, 5.41) is 8.88. The number of benzene rings is 1. The Labute approximate surface area is 94.5 Å². The normalized spacial score (nSPS) is 10.5. The van der Waals surface area contributed by atoms with Crippen LogP contribution in [0.3, 0.4) is 0 Å². The van der Waals surface area contributed by atoms with Crippen LogP contribution < -0.4 is 5.73 Å². The molecule has 0 aliphatic heterocycles. The van der Waals surface area contributed by atoms with Gasteiger partial charge < -0.3 is 10.8 Å². The number of halogens is 1. The van der Waals surface area contributed by atoms with Gasteiger partial charge in [0.2, 0.25) is 5.91 Å². The topological polar surface area (TPSA) is 80.4 Å². The van der Waals surface area contributed by atoms with Gasteiger partial charge in [0.25, 0.3) is 0 Å². The second-order valence-electron chi connectivity index (χ2n) is 2.77. The number of hydrogen-bond donors (Lipinski definition) is 2. The summed E-state index contributed by atoms with van der Waals surface area (Å²) in [5.41, 5.74) is 5.46. The average molecular weight is 270 g/mol. The van der Waals surface area contributed by atoms with Crippen molar-refractivity contribution in [1.82, 2.24) is 0 Å². The quantitative estimate of drug-likeness (QED) is 0.819. The predicted octanol–water partition coefficient (Wildman–Crippen LogP) is 1.65. The molecule has 1 aromatic rings. The number of aromatic carboxylic acids is 1. The molecule has 0 aliphatic rings. The lowest BCUT2D eigenvalue weighted by molar-refractivity contribution is -0.113. The van der Waals surface area contributed by atoms with Gasteiger partial charge in [-0.2, -0.15) is 0 Å². The number of rotatable bonds is 3. The van der Waals surface area contributed by atoms with Gasteiger partial charge in [0.05, 0.1) is 5.56 Å². The molecule has 0 bridgehead atoms. The number of carboxylic acid groups (broad SMARTS) is 1. The second kappa shape index (κ2) is 4.75. The molecule has 78 valence electrons. The maximum absolute atomic E-state index is 10.8. The van der Waals surface area contributed by atoms with E-state index in [1.807, 2.05) is 0 Å². The average Bonchev–Trinajstić information content (AvgIpc) is 2.15. The third kappa shape index (κ3) is 3.21. The molecular formula is C10H8BrNO3. The second-order valence-corrected chi connectivity index (χ2v) is 3.69. The first kappa shape index (κ1) is 11.5. The van der Waals surface area contributed by atoms with Crippen molar-refractivity contribution < 1.29 is 14.7 Å². The summed E-state index contributed by atoms with van der Waals surface area (Å²) in [4.78, 5) is 21.3. The molecule has 0 saturated heterocycles. The monoisotopic (exact) mass is 269 g/mol. The Hall–Kier alpha value is -1.62. The zero-order chi connectivity index (χ0) is 11.4. The van der Waals surface area contributed by atoms with Crippen LogP contribution in [-0.4, -0.2) is 17.0 Å². The molecule has 0 heterocycles. The van der Waals surface area contributed by atoms with Gasteiger partial charge >= 0.3 is 5.97 Å². The summed E-state index contributed by atoms with van der Waals surface area (Å²) in [6.07, 6.45) is 2.49. The minimum Gasteiger partial charge on any atom is -0.478 e. The first-order chi connectivity index (χ1) is 7.00. The smallest absolute Gasteiger partial charge is 0.336 e. The van der Waals surface area contributed by atoms with Crippen molar-refractivity contribution in [3.63, 3.8) is 0 Å². The fourth-order valence-corrected chi connectivity index (χ4v) is 1.39. The van der Waals surface area contributed by atoms with Crippen LogP contribution >= 0.6 is 15.9 Å². The molecule has 0 fully saturated rings. The summed E-state index contributed by atoms with van der Waals surface area (Å²) in [6, 6.07) is 4.74. The highest BCUT2D eigenvalue weighted by Gasteiger charge is 2.08. The zero-order valence-electron chi connectivity index (χ0n) is 7.61. The molecule has 5 heteroatoms. The van der Waals surface area contributed by atoms with Crippen LogP contribution in [0.25, 0.3) is 6.08 Å².